The number of hydrogen-bond donors (Lipinski definition) is 3. The number of rotatable bonds is 5. The van der Waals surface area contributed by atoms with Gasteiger partial charge < -0.3 is 20.6 Å². The molecule has 11 heteroatoms. The molecule has 1 atom stereocenters. The first kappa shape index (κ1) is 20.9. The lowest BCUT2D eigenvalue weighted by Crippen LogP contribution is -2.40. The van der Waals surface area contributed by atoms with E-state index in [-0.39, 0.29) is 6.54 Å². The Labute approximate surface area is 176 Å². The number of aliphatic hydroxyl groups excluding tert-OH is 1. The highest BCUT2D eigenvalue weighted by atomic mass is 19.4. The molecule has 8 nitrogen and oxygen atoms in total. The minimum Gasteiger partial charge on any atom is -0.372 e. The number of β-amino-alcohol motifs (C(OH)–C–C–N with tert-alkyl or cyclic N) is 1. The minimum absolute atomic E-state index is 0.252. The molecule has 0 radical (unpaired) electrons. The number of aryl methyl sites for hydroxylation is 1. The van der Waals surface area contributed by atoms with Crippen molar-refractivity contribution in [1.82, 2.24) is 19.7 Å². The molecule has 0 fully saturated rings. The molecule has 164 valence electrons. The van der Waals surface area contributed by atoms with E-state index in [1.165, 1.54) is 10.9 Å². The van der Waals surface area contributed by atoms with E-state index in [4.69, 9.17) is 0 Å². The van der Waals surface area contributed by atoms with Gasteiger partial charge in [0, 0.05) is 19.8 Å². The number of anilines is 3. The normalized spacial score (nSPS) is 16.1. The van der Waals surface area contributed by atoms with E-state index < -0.39 is 18.1 Å². The second-order valence-electron chi connectivity index (χ2n) is 7.44. The summed E-state index contributed by atoms with van der Waals surface area (Å²) < 4.78 is 39.3. The molecular weight excluding hydrogens is 411 g/mol. The van der Waals surface area contributed by atoms with Gasteiger partial charge in [-0.1, -0.05) is 24.3 Å². The summed E-state index contributed by atoms with van der Waals surface area (Å²) in [7, 11) is 1.86. The molecule has 4 rings (SSSR count). The van der Waals surface area contributed by atoms with E-state index in [1.807, 2.05) is 43.1 Å². The molecule has 1 aromatic carbocycles. The number of alkyl halides is 3. The quantitative estimate of drug-likeness (QED) is 0.570. The highest BCUT2D eigenvalue weighted by Gasteiger charge is 2.33. The van der Waals surface area contributed by atoms with E-state index in [1.54, 1.807) is 0 Å². The molecule has 0 bridgehead atoms. The highest BCUT2D eigenvalue weighted by molar-refractivity contribution is 5.71. The van der Waals surface area contributed by atoms with Crippen molar-refractivity contribution < 1.29 is 18.3 Å². The summed E-state index contributed by atoms with van der Waals surface area (Å²) in [4.78, 5) is 10.8. The van der Waals surface area contributed by atoms with E-state index in [0.29, 0.717) is 30.5 Å². The summed E-state index contributed by atoms with van der Waals surface area (Å²) in [6.07, 6.45) is -3.79. The molecule has 3 N–H and O–H groups in total. The van der Waals surface area contributed by atoms with Crippen LogP contribution in [0.3, 0.4) is 0 Å². The second-order valence-corrected chi connectivity index (χ2v) is 7.44. The summed E-state index contributed by atoms with van der Waals surface area (Å²) in [5, 5.41) is 19.6. The lowest BCUT2D eigenvalue weighted by atomic mass is 10.1. The van der Waals surface area contributed by atoms with Gasteiger partial charge in [-0.2, -0.15) is 23.3 Å². The topological polar surface area (TPSA) is 91.1 Å². The van der Waals surface area contributed by atoms with Crippen molar-refractivity contribution in [2.24, 2.45) is 0 Å². The van der Waals surface area contributed by atoms with Crippen molar-refractivity contribution in [3.63, 3.8) is 0 Å². The predicted molar refractivity (Wildman–Crippen MR) is 110 cm³/mol. The Morgan fingerprint density at radius 2 is 1.87 bits per heavy atom. The Morgan fingerprint density at radius 3 is 2.55 bits per heavy atom. The van der Waals surface area contributed by atoms with Crippen LogP contribution in [0.1, 0.15) is 22.5 Å². The number of nitrogens with zero attached hydrogens (tertiary/aromatic N) is 5. The van der Waals surface area contributed by atoms with Crippen molar-refractivity contribution in [3.8, 4) is 0 Å². The highest BCUT2D eigenvalue weighted by Crippen LogP contribution is 2.31. The van der Waals surface area contributed by atoms with E-state index in [2.05, 4.69) is 25.7 Å². The number of benzene rings is 1. The number of nitrogens with one attached hydrogen (secondary N) is 2. The number of hydrogen-bond acceptors (Lipinski definition) is 7. The largest absolute Gasteiger partial charge is 0.435 e. The average molecular weight is 433 g/mol. The van der Waals surface area contributed by atoms with Gasteiger partial charge in [0.05, 0.1) is 18.8 Å². The van der Waals surface area contributed by atoms with Gasteiger partial charge in [0.15, 0.2) is 11.5 Å². The lowest BCUT2D eigenvalue weighted by molar-refractivity contribution is -0.141. The molecule has 1 aliphatic rings. The van der Waals surface area contributed by atoms with Crippen LogP contribution < -0.4 is 15.5 Å². The molecule has 0 aliphatic carbocycles. The Bertz CT molecular complexity index is 1070. The lowest BCUT2D eigenvalue weighted by Gasteiger charge is -2.31. The van der Waals surface area contributed by atoms with Gasteiger partial charge in [-0.05, 0) is 24.1 Å². The van der Waals surface area contributed by atoms with Crippen LogP contribution in [0.4, 0.5) is 30.6 Å². The second kappa shape index (κ2) is 8.06. The third-order valence-electron chi connectivity index (χ3n) is 4.94. The summed E-state index contributed by atoms with van der Waals surface area (Å²) >= 11 is 0. The predicted octanol–water partition coefficient (Wildman–Crippen LogP) is 2.84. The Hall–Kier alpha value is -3.34. The third-order valence-corrected chi connectivity index (χ3v) is 4.94. The SMILES string of the molecule is Cc1nc(NCc2ccc(Cn3ccc(C(F)(F)F)n3)cc2)nc2c1NC(O)CN2C. The smallest absolute Gasteiger partial charge is 0.372 e. The molecule has 0 saturated carbocycles. The Morgan fingerprint density at radius 1 is 1.16 bits per heavy atom. The molecule has 1 unspecified atom stereocenters. The molecule has 0 amide bonds. The van der Waals surface area contributed by atoms with Crippen LogP contribution in [0.15, 0.2) is 36.5 Å². The summed E-state index contributed by atoms with van der Waals surface area (Å²) in [5.74, 6) is 1.19. The van der Waals surface area contributed by atoms with E-state index in [0.717, 1.165) is 22.9 Å². The summed E-state index contributed by atoms with van der Waals surface area (Å²) in [6.45, 7) is 3.00. The van der Waals surface area contributed by atoms with Gasteiger partial charge in [0.1, 0.15) is 11.9 Å². The zero-order valence-electron chi connectivity index (χ0n) is 17.0. The fourth-order valence-electron chi connectivity index (χ4n) is 3.37. The van der Waals surface area contributed by atoms with Crippen LogP contribution in [0.5, 0.6) is 0 Å². The van der Waals surface area contributed by atoms with Crippen LogP contribution in [0.25, 0.3) is 0 Å². The molecule has 2 aromatic heterocycles. The molecule has 1 aliphatic heterocycles. The number of aromatic nitrogens is 4. The maximum atomic E-state index is 12.7. The number of aliphatic hydroxyl groups is 1. The zero-order valence-corrected chi connectivity index (χ0v) is 17.0. The van der Waals surface area contributed by atoms with Crippen LogP contribution >= 0.6 is 0 Å². The number of likely N-dealkylation sites (N-methyl/N-ethyl adjacent to an activating group) is 1. The maximum absolute atomic E-state index is 12.7. The van der Waals surface area contributed by atoms with Crippen molar-refractivity contribution >= 4 is 17.5 Å². The molecule has 0 spiro atoms. The molecule has 0 saturated heterocycles. The standard InChI is InChI=1S/C20H22F3N7O/c1-12-17-18(29(2)11-16(31)26-17)27-19(25-12)24-9-13-3-5-14(6-4-13)10-30-8-7-15(28-30)20(21,22)23/h3-8,16,26,31H,9-11H2,1-2H3,(H,24,25,27). The first-order valence-electron chi connectivity index (χ1n) is 9.66. The van der Waals surface area contributed by atoms with Crippen LogP contribution in [-0.2, 0) is 19.3 Å². The zero-order chi connectivity index (χ0) is 22.2. The third kappa shape index (κ3) is 4.71. The van der Waals surface area contributed by atoms with Gasteiger partial charge in [-0.3, -0.25) is 4.68 Å². The van der Waals surface area contributed by atoms with Crippen LogP contribution in [0, 0.1) is 6.92 Å². The monoisotopic (exact) mass is 433 g/mol. The summed E-state index contributed by atoms with van der Waals surface area (Å²) in [6, 6.07) is 8.46. The maximum Gasteiger partial charge on any atom is 0.435 e. The summed E-state index contributed by atoms with van der Waals surface area (Å²) in [5.41, 5.74) is 2.35. The van der Waals surface area contributed by atoms with Gasteiger partial charge in [-0.25, -0.2) is 4.98 Å². The first-order chi connectivity index (χ1) is 14.7. The van der Waals surface area contributed by atoms with E-state index in [9.17, 15) is 18.3 Å². The van der Waals surface area contributed by atoms with Gasteiger partial charge in [0.2, 0.25) is 5.95 Å². The van der Waals surface area contributed by atoms with Crippen molar-refractivity contribution in [1.29, 1.82) is 0 Å². The fraction of sp³-hybridized carbons (Fsp3) is 0.350. The van der Waals surface area contributed by atoms with Crippen molar-refractivity contribution in [2.75, 3.05) is 29.1 Å². The van der Waals surface area contributed by atoms with Gasteiger partial charge in [-0.15, -0.1) is 0 Å². The fourth-order valence-corrected chi connectivity index (χ4v) is 3.37. The van der Waals surface area contributed by atoms with Crippen LogP contribution in [-0.4, -0.2) is 44.7 Å². The molecule has 3 heterocycles. The molecule has 31 heavy (non-hydrogen) atoms. The van der Waals surface area contributed by atoms with Gasteiger partial charge in [0.25, 0.3) is 0 Å². The first-order valence-corrected chi connectivity index (χ1v) is 9.66. The van der Waals surface area contributed by atoms with Gasteiger partial charge >= 0.3 is 6.18 Å². The van der Waals surface area contributed by atoms with E-state index >= 15 is 0 Å². The van der Waals surface area contributed by atoms with Crippen molar-refractivity contribution in [2.45, 2.75) is 32.4 Å². The molecule has 3 aromatic rings. The average Bonchev–Trinajstić information content (AvgIpc) is 3.17. The Kier molecular flexibility index (Phi) is 5.44. The number of fused-ring (bicyclic) bond motifs is 1. The van der Waals surface area contributed by atoms with Crippen molar-refractivity contribution in [3.05, 3.63) is 59.0 Å². The minimum atomic E-state index is -4.44. The Balaban J connectivity index is 1.39. The number of halogens is 3. The molecular formula is C20H22F3N7O. The van der Waals surface area contributed by atoms with Crippen LogP contribution in [0.2, 0.25) is 0 Å².